The number of benzene rings is 1. The molecule has 1 N–H and O–H groups in total. The second kappa shape index (κ2) is 3.98. The first-order valence-corrected chi connectivity index (χ1v) is 5.02. The van der Waals surface area contributed by atoms with E-state index in [1.165, 1.54) is 0 Å². The van der Waals surface area contributed by atoms with E-state index in [2.05, 4.69) is 15.9 Å². The van der Waals surface area contributed by atoms with Gasteiger partial charge in [-0.15, -0.1) is 0 Å². The van der Waals surface area contributed by atoms with Crippen molar-refractivity contribution in [3.05, 3.63) is 58.5 Å². The quantitative estimate of drug-likeness (QED) is 0.891. The van der Waals surface area contributed by atoms with Crippen molar-refractivity contribution in [3.63, 3.8) is 0 Å². The minimum absolute atomic E-state index is 0.609. The van der Waals surface area contributed by atoms with Crippen LogP contribution < -0.4 is 0 Å². The normalized spacial score (nSPS) is 12.7. The van der Waals surface area contributed by atoms with Crippen LogP contribution in [0.3, 0.4) is 0 Å². The Morgan fingerprint density at radius 3 is 2.36 bits per heavy atom. The fourth-order valence-electron chi connectivity index (χ4n) is 1.27. The third-order valence-electron chi connectivity index (χ3n) is 2.04. The average Bonchev–Trinajstić information content (AvgIpc) is 2.71. The zero-order valence-electron chi connectivity index (χ0n) is 7.35. The Labute approximate surface area is 90.3 Å². The first-order chi connectivity index (χ1) is 6.77. The Balaban J connectivity index is 2.28. The Morgan fingerprint density at radius 1 is 1.07 bits per heavy atom. The number of aliphatic hydroxyl groups is 1. The molecule has 0 saturated heterocycles. The molecule has 2 aromatic rings. The third kappa shape index (κ3) is 1.89. The molecule has 1 unspecified atom stereocenters. The van der Waals surface area contributed by atoms with E-state index in [-0.39, 0.29) is 0 Å². The van der Waals surface area contributed by atoms with E-state index < -0.39 is 6.10 Å². The fraction of sp³-hybridized carbons (Fsp3) is 0.0909. The van der Waals surface area contributed by atoms with Gasteiger partial charge >= 0.3 is 0 Å². The molecule has 72 valence electrons. The van der Waals surface area contributed by atoms with Gasteiger partial charge in [0.1, 0.15) is 6.10 Å². The van der Waals surface area contributed by atoms with Crippen LogP contribution in [-0.2, 0) is 0 Å². The van der Waals surface area contributed by atoms with Gasteiger partial charge in [-0.2, -0.15) is 0 Å². The van der Waals surface area contributed by atoms with Gasteiger partial charge in [-0.3, -0.25) is 0 Å². The van der Waals surface area contributed by atoms with Crippen LogP contribution in [0.5, 0.6) is 0 Å². The van der Waals surface area contributed by atoms with E-state index in [0.29, 0.717) is 0 Å². The molecular weight excluding hydrogens is 244 g/mol. The standard InChI is InChI=1S/C11H9BrO2/c12-10-3-1-8(2-4-10)11(13)9-5-6-14-7-9/h1-7,11,13H. The van der Waals surface area contributed by atoms with Crippen molar-refractivity contribution in [2.24, 2.45) is 0 Å². The molecule has 2 nitrogen and oxygen atoms in total. The monoisotopic (exact) mass is 252 g/mol. The first kappa shape index (κ1) is 9.49. The van der Waals surface area contributed by atoms with Gasteiger partial charge in [0.2, 0.25) is 0 Å². The summed E-state index contributed by atoms with van der Waals surface area (Å²) in [5.41, 5.74) is 1.63. The van der Waals surface area contributed by atoms with E-state index in [1.807, 2.05) is 24.3 Å². The number of hydrogen-bond donors (Lipinski definition) is 1. The lowest BCUT2D eigenvalue weighted by Gasteiger charge is -2.07. The second-order valence-electron chi connectivity index (χ2n) is 3.01. The lowest BCUT2D eigenvalue weighted by Crippen LogP contribution is -1.96. The predicted molar refractivity (Wildman–Crippen MR) is 56.9 cm³/mol. The van der Waals surface area contributed by atoms with Crippen molar-refractivity contribution in [1.29, 1.82) is 0 Å². The molecule has 1 heterocycles. The van der Waals surface area contributed by atoms with Crippen molar-refractivity contribution in [2.45, 2.75) is 6.10 Å². The number of furan rings is 1. The van der Waals surface area contributed by atoms with Crippen LogP contribution in [0.2, 0.25) is 0 Å². The molecule has 0 saturated carbocycles. The molecule has 0 radical (unpaired) electrons. The number of hydrogen-bond acceptors (Lipinski definition) is 2. The van der Waals surface area contributed by atoms with Gasteiger partial charge in [0.25, 0.3) is 0 Å². The average molecular weight is 253 g/mol. The highest BCUT2D eigenvalue weighted by Gasteiger charge is 2.10. The third-order valence-corrected chi connectivity index (χ3v) is 2.57. The van der Waals surface area contributed by atoms with Gasteiger partial charge in [0.05, 0.1) is 12.5 Å². The van der Waals surface area contributed by atoms with Gasteiger partial charge < -0.3 is 9.52 Å². The van der Waals surface area contributed by atoms with E-state index >= 15 is 0 Å². The highest BCUT2D eigenvalue weighted by Crippen LogP contribution is 2.23. The zero-order valence-corrected chi connectivity index (χ0v) is 8.94. The largest absolute Gasteiger partial charge is 0.472 e. The van der Waals surface area contributed by atoms with Crippen LogP contribution >= 0.6 is 15.9 Å². The molecule has 1 atom stereocenters. The van der Waals surface area contributed by atoms with E-state index in [4.69, 9.17) is 4.42 Å². The zero-order chi connectivity index (χ0) is 9.97. The minimum Gasteiger partial charge on any atom is -0.472 e. The minimum atomic E-state index is -0.609. The smallest absolute Gasteiger partial charge is 0.107 e. The Hall–Kier alpha value is -1.06. The Kier molecular flexibility index (Phi) is 2.70. The number of halogens is 1. The highest BCUT2D eigenvalue weighted by molar-refractivity contribution is 9.10. The summed E-state index contributed by atoms with van der Waals surface area (Å²) in [7, 11) is 0. The highest BCUT2D eigenvalue weighted by atomic mass is 79.9. The molecule has 0 aliphatic rings. The summed E-state index contributed by atoms with van der Waals surface area (Å²) in [5.74, 6) is 0. The van der Waals surface area contributed by atoms with Gasteiger partial charge in [-0.25, -0.2) is 0 Å². The molecule has 14 heavy (non-hydrogen) atoms. The number of rotatable bonds is 2. The molecule has 0 aliphatic heterocycles. The molecule has 0 bridgehead atoms. The van der Waals surface area contributed by atoms with Crippen molar-refractivity contribution in [2.75, 3.05) is 0 Å². The molecule has 1 aromatic carbocycles. The van der Waals surface area contributed by atoms with Gasteiger partial charge in [-0.05, 0) is 23.8 Å². The first-order valence-electron chi connectivity index (χ1n) is 4.23. The maximum atomic E-state index is 9.90. The lowest BCUT2D eigenvalue weighted by atomic mass is 10.1. The second-order valence-corrected chi connectivity index (χ2v) is 3.93. The lowest BCUT2D eigenvalue weighted by molar-refractivity contribution is 0.219. The molecule has 2 rings (SSSR count). The van der Waals surface area contributed by atoms with Crippen LogP contribution in [0.1, 0.15) is 17.2 Å². The van der Waals surface area contributed by atoms with Gasteiger partial charge in [0.15, 0.2) is 0 Å². The SMILES string of the molecule is OC(c1ccc(Br)cc1)c1ccoc1. The predicted octanol–water partition coefficient (Wildman–Crippen LogP) is 3.12. The molecule has 0 aliphatic carbocycles. The Morgan fingerprint density at radius 2 is 1.79 bits per heavy atom. The van der Waals surface area contributed by atoms with Crippen LogP contribution in [0.4, 0.5) is 0 Å². The maximum Gasteiger partial charge on any atom is 0.107 e. The molecule has 0 spiro atoms. The topological polar surface area (TPSA) is 33.4 Å². The summed E-state index contributed by atoms with van der Waals surface area (Å²) in [5, 5.41) is 9.90. The molecule has 3 heteroatoms. The van der Waals surface area contributed by atoms with Gasteiger partial charge in [0, 0.05) is 10.0 Å². The summed E-state index contributed by atoms with van der Waals surface area (Å²) in [6.45, 7) is 0. The van der Waals surface area contributed by atoms with Crippen LogP contribution in [0.15, 0.2) is 51.7 Å². The summed E-state index contributed by atoms with van der Waals surface area (Å²) < 4.78 is 5.91. The van der Waals surface area contributed by atoms with Gasteiger partial charge in [-0.1, -0.05) is 28.1 Å². The Bertz CT molecular complexity index is 392. The van der Waals surface area contributed by atoms with Crippen molar-refractivity contribution in [1.82, 2.24) is 0 Å². The van der Waals surface area contributed by atoms with Crippen LogP contribution in [0.25, 0.3) is 0 Å². The van der Waals surface area contributed by atoms with Crippen molar-refractivity contribution in [3.8, 4) is 0 Å². The number of aliphatic hydroxyl groups excluding tert-OH is 1. The molecule has 0 amide bonds. The van der Waals surface area contributed by atoms with E-state index in [1.54, 1.807) is 18.6 Å². The summed E-state index contributed by atoms with van der Waals surface area (Å²) >= 11 is 3.34. The van der Waals surface area contributed by atoms with Crippen LogP contribution in [-0.4, -0.2) is 5.11 Å². The molecule has 1 aromatic heterocycles. The maximum absolute atomic E-state index is 9.90. The van der Waals surface area contributed by atoms with Crippen molar-refractivity contribution < 1.29 is 9.52 Å². The summed E-state index contributed by atoms with van der Waals surface area (Å²) in [6, 6.07) is 9.31. The van der Waals surface area contributed by atoms with Crippen LogP contribution in [0, 0.1) is 0 Å². The van der Waals surface area contributed by atoms with Crippen molar-refractivity contribution >= 4 is 15.9 Å². The van der Waals surface area contributed by atoms with E-state index in [0.717, 1.165) is 15.6 Å². The van der Waals surface area contributed by atoms with E-state index in [9.17, 15) is 5.11 Å². The summed E-state index contributed by atoms with van der Waals surface area (Å²) in [6.07, 6.45) is 2.49. The fourth-order valence-corrected chi connectivity index (χ4v) is 1.53. The molecular formula is C11H9BrO2. The molecule has 0 fully saturated rings. The summed E-state index contributed by atoms with van der Waals surface area (Å²) in [4.78, 5) is 0.